The molecule has 1 aliphatic carbocycles. The Bertz CT molecular complexity index is 453. The number of nitrogens with zero attached hydrogens (tertiary/aromatic N) is 1. The smallest absolute Gasteiger partial charge is 0.155 e. The maximum Gasteiger partial charge on any atom is 0.155 e. The van der Waals surface area contributed by atoms with Gasteiger partial charge in [-0.1, -0.05) is 50.3 Å². The van der Waals surface area contributed by atoms with Gasteiger partial charge in [-0.2, -0.15) is 0 Å². The monoisotopic (exact) mass is 271 g/mol. The van der Waals surface area contributed by atoms with E-state index in [4.69, 9.17) is 0 Å². The first kappa shape index (κ1) is 14.8. The van der Waals surface area contributed by atoms with Crippen LogP contribution in [0.1, 0.15) is 44.1 Å². The molecular formula is C18H25NO. The number of rotatable bonds is 5. The van der Waals surface area contributed by atoms with Gasteiger partial charge in [-0.25, -0.2) is 0 Å². The van der Waals surface area contributed by atoms with Crippen LogP contribution in [0.2, 0.25) is 0 Å². The molecule has 0 unspecified atom stereocenters. The topological polar surface area (TPSA) is 20.3 Å². The molecule has 0 saturated heterocycles. The molecule has 0 aromatic heterocycles. The highest BCUT2D eigenvalue weighted by Crippen LogP contribution is 2.26. The molecule has 0 spiro atoms. The van der Waals surface area contributed by atoms with Gasteiger partial charge in [-0.05, 0) is 29.7 Å². The van der Waals surface area contributed by atoms with E-state index >= 15 is 0 Å². The van der Waals surface area contributed by atoms with E-state index in [9.17, 15) is 4.79 Å². The Morgan fingerprint density at radius 3 is 2.40 bits per heavy atom. The Labute approximate surface area is 122 Å². The van der Waals surface area contributed by atoms with Crippen LogP contribution < -0.4 is 4.90 Å². The average Bonchev–Trinajstić information content (AvgIpc) is 2.46. The van der Waals surface area contributed by atoms with E-state index in [1.165, 1.54) is 37.8 Å². The third-order valence-electron chi connectivity index (χ3n) is 4.09. The van der Waals surface area contributed by atoms with Crippen molar-refractivity contribution in [2.24, 2.45) is 5.92 Å². The largest absolute Gasteiger partial charge is 0.378 e. The van der Waals surface area contributed by atoms with E-state index in [-0.39, 0.29) is 5.78 Å². The van der Waals surface area contributed by atoms with Crippen LogP contribution in [0.15, 0.2) is 30.3 Å². The zero-order valence-corrected chi connectivity index (χ0v) is 12.6. The number of anilines is 1. The number of hydrogen-bond donors (Lipinski definition) is 0. The Morgan fingerprint density at radius 2 is 1.80 bits per heavy atom. The van der Waals surface area contributed by atoms with Gasteiger partial charge in [0, 0.05) is 26.2 Å². The number of carbonyl (C=O) groups excluding carboxylic acids is 1. The van der Waals surface area contributed by atoms with Crippen molar-refractivity contribution in [2.45, 2.75) is 38.5 Å². The van der Waals surface area contributed by atoms with E-state index in [2.05, 4.69) is 29.2 Å². The molecular weight excluding hydrogens is 246 g/mol. The quantitative estimate of drug-likeness (QED) is 0.744. The summed E-state index contributed by atoms with van der Waals surface area (Å²) >= 11 is 0. The maximum absolute atomic E-state index is 12.0. The van der Waals surface area contributed by atoms with Crippen LogP contribution in [-0.2, 0) is 4.79 Å². The van der Waals surface area contributed by atoms with Crippen molar-refractivity contribution in [2.75, 3.05) is 19.0 Å². The standard InChI is InChI=1S/C18H25NO/c1-19(2)17-11-8-15(9-12-17)10-13-18(20)14-16-6-4-3-5-7-16/h8-13,16H,3-7,14H2,1-2H3. The number of benzene rings is 1. The van der Waals surface area contributed by atoms with E-state index in [1.54, 1.807) is 6.08 Å². The summed E-state index contributed by atoms with van der Waals surface area (Å²) in [7, 11) is 4.05. The van der Waals surface area contributed by atoms with Crippen molar-refractivity contribution < 1.29 is 4.79 Å². The molecule has 1 saturated carbocycles. The molecule has 0 radical (unpaired) electrons. The molecule has 0 atom stereocenters. The van der Waals surface area contributed by atoms with Gasteiger partial charge in [0.2, 0.25) is 0 Å². The molecule has 2 rings (SSSR count). The average molecular weight is 271 g/mol. The second kappa shape index (κ2) is 7.28. The zero-order chi connectivity index (χ0) is 14.4. The summed E-state index contributed by atoms with van der Waals surface area (Å²) in [6, 6.07) is 8.26. The lowest BCUT2D eigenvalue weighted by Crippen LogP contribution is -2.10. The molecule has 1 fully saturated rings. The van der Waals surface area contributed by atoms with Crippen molar-refractivity contribution in [3.8, 4) is 0 Å². The molecule has 1 aliphatic rings. The Hall–Kier alpha value is -1.57. The predicted octanol–water partition coefficient (Wildman–Crippen LogP) is 4.31. The van der Waals surface area contributed by atoms with E-state index in [0.717, 1.165) is 12.0 Å². The highest BCUT2D eigenvalue weighted by atomic mass is 16.1. The predicted molar refractivity (Wildman–Crippen MR) is 86.0 cm³/mol. The molecule has 0 heterocycles. The Morgan fingerprint density at radius 1 is 1.15 bits per heavy atom. The van der Waals surface area contributed by atoms with Crippen molar-refractivity contribution in [3.63, 3.8) is 0 Å². The SMILES string of the molecule is CN(C)c1ccc(C=CC(=O)CC2CCCCC2)cc1. The minimum atomic E-state index is 0.272. The fraction of sp³-hybridized carbons (Fsp3) is 0.500. The summed E-state index contributed by atoms with van der Waals surface area (Å²) in [5.41, 5.74) is 2.27. The molecule has 2 heteroatoms. The van der Waals surface area contributed by atoms with Crippen molar-refractivity contribution in [3.05, 3.63) is 35.9 Å². The third-order valence-corrected chi connectivity index (χ3v) is 4.09. The second-order valence-corrected chi connectivity index (χ2v) is 5.99. The van der Waals surface area contributed by atoms with E-state index < -0.39 is 0 Å². The van der Waals surface area contributed by atoms with Crippen LogP contribution in [0.4, 0.5) is 5.69 Å². The van der Waals surface area contributed by atoms with Crippen LogP contribution in [0.5, 0.6) is 0 Å². The van der Waals surface area contributed by atoms with Gasteiger partial charge in [0.15, 0.2) is 5.78 Å². The summed E-state index contributed by atoms with van der Waals surface area (Å²) in [6.07, 6.45) is 10.8. The minimum Gasteiger partial charge on any atom is -0.378 e. The van der Waals surface area contributed by atoms with Gasteiger partial charge in [0.25, 0.3) is 0 Å². The number of ketones is 1. The molecule has 2 nitrogen and oxygen atoms in total. The summed E-state index contributed by atoms with van der Waals surface area (Å²) in [5, 5.41) is 0. The van der Waals surface area contributed by atoms with Crippen LogP contribution >= 0.6 is 0 Å². The first-order valence-electron chi connectivity index (χ1n) is 7.63. The first-order chi connectivity index (χ1) is 9.65. The van der Waals surface area contributed by atoms with E-state index in [0.29, 0.717) is 5.92 Å². The molecule has 108 valence electrons. The number of allylic oxidation sites excluding steroid dienone is 1. The lowest BCUT2D eigenvalue weighted by atomic mass is 9.86. The third kappa shape index (κ3) is 4.52. The van der Waals surface area contributed by atoms with Gasteiger partial charge in [-0.3, -0.25) is 4.79 Å². The maximum atomic E-state index is 12.0. The van der Waals surface area contributed by atoms with Crippen LogP contribution in [0.3, 0.4) is 0 Å². The van der Waals surface area contributed by atoms with Gasteiger partial charge in [0.05, 0.1) is 0 Å². The first-order valence-corrected chi connectivity index (χ1v) is 7.63. The Balaban J connectivity index is 1.86. The lowest BCUT2D eigenvalue weighted by Gasteiger charge is -2.19. The molecule has 0 aliphatic heterocycles. The van der Waals surface area contributed by atoms with Crippen molar-refractivity contribution in [1.29, 1.82) is 0 Å². The van der Waals surface area contributed by atoms with Crippen molar-refractivity contribution >= 4 is 17.5 Å². The molecule has 0 bridgehead atoms. The molecule has 1 aromatic carbocycles. The minimum absolute atomic E-state index is 0.272. The number of hydrogen-bond acceptors (Lipinski definition) is 2. The normalized spacial score (nSPS) is 16.5. The number of carbonyl (C=O) groups is 1. The highest BCUT2D eigenvalue weighted by molar-refractivity contribution is 5.93. The van der Waals surface area contributed by atoms with Gasteiger partial charge < -0.3 is 4.90 Å². The van der Waals surface area contributed by atoms with Crippen LogP contribution in [0, 0.1) is 5.92 Å². The van der Waals surface area contributed by atoms with Gasteiger partial charge >= 0.3 is 0 Å². The summed E-state index contributed by atoms with van der Waals surface area (Å²) < 4.78 is 0. The van der Waals surface area contributed by atoms with Crippen LogP contribution in [0.25, 0.3) is 6.08 Å². The summed E-state index contributed by atoms with van der Waals surface area (Å²) in [6.45, 7) is 0. The Kier molecular flexibility index (Phi) is 5.40. The van der Waals surface area contributed by atoms with Gasteiger partial charge in [0.1, 0.15) is 0 Å². The fourth-order valence-corrected chi connectivity index (χ4v) is 2.82. The second-order valence-electron chi connectivity index (χ2n) is 5.99. The lowest BCUT2D eigenvalue weighted by molar-refractivity contribution is -0.115. The van der Waals surface area contributed by atoms with E-state index in [1.807, 2.05) is 20.2 Å². The van der Waals surface area contributed by atoms with Crippen molar-refractivity contribution in [1.82, 2.24) is 0 Å². The molecule has 20 heavy (non-hydrogen) atoms. The zero-order valence-electron chi connectivity index (χ0n) is 12.6. The highest BCUT2D eigenvalue weighted by Gasteiger charge is 2.15. The summed E-state index contributed by atoms with van der Waals surface area (Å²) in [5.74, 6) is 0.894. The van der Waals surface area contributed by atoms with Crippen LogP contribution in [-0.4, -0.2) is 19.9 Å². The fourth-order valence-electron chi connectivity index (χ4n) is 2.82. The summed E-state index contributed by atoms with van der Waals surface area (Å²) in [4.78, 5) is 14.0. The molecule has 0 amide bonds. The molecule has 0 N–H and O–H groups in total. The molecule has 1 aromatic rings. The van der Waals surface area contributed by atoms with Gasteiger partial charge in [-0.15, -0.1) is 0 Å².